The summed E-state index contributed by atoms with van der Waals surface area (Å²) < 4.78 is 5.09. The summed E-state index contributed by atoms with van der Waals surface area (Å²) in [4.78, 5) is 33.0. The fraction of sp³-hybridized carbons (Fsp3) is 0.429. The van der Waals surface area contributed by atoms with Crippen LogP contribution in [0.4, 0.5) is 5.69 Å². The zero-order chi connectivity index (χ0) is 22.1. The molecule has 170 valence electrons. The number of nitrogens with one attached hydrogen (secondary N) is 3. The van der Waals surface area contributed by atoms with E-state index in [4.69, 9.17) is 4.74 Å². The molecule has 1 atom stereocenters. The van der Waals surface area contributed by atoms with E-state index < -0.39 is 0 Å². The molecule has 0 aliphatic rings. The molecule has 10 heteroatoms. The van der Waals surface area contributed by atoms with Gasteiger partial charge in [-0.3, -0.25) is 4.79 Å². The lowest BCUT2D eigenvalue weighted by Gasteiger charge is -2.16. The van der Waals surface area contributed by atoms with Gasteiger partial charge in [0.1, 0.15) is 9.88 Å². The maximum absolute atomic E-state index is 12.0. The van der Waals surface area contributed by atoms with Gasteiger partial charge >= 0.3 is 5.97 Å². The van der Waals surface area contributed by atoms with Crippen molar-refractivity contribution in [3.63, 3.8) is 0 Å². The third-order valence-electron chi connectivity index (χ3n) is 4.01. The number of carbonyl (C=O) groups is 2. The summed E-state index contributed by atoms with van der Waals surface area (Å²) in [6, 6.07) is 7.44. The molecule has 0 bridgehead atoms. The molecule has 0 saturated heterocycles. The van der Waals surface area contributed by atoms with E-state index in [1.807, 2.05) is 38.1 Å². The maximum atomic E-state index is 12.0. The molecule has 1 aromatic carbocycles. The largest absolute Gasteiger partial charge is 0.462 e. The standard InChI is InChI=1S/C21H29N5O3S.HI/c1-6-22-21(23-12-16-9-8-10-17(11-16)26-15(5)27)25-14(4)19-24-13(3)18(30-19)20(28)29-7-2;/h8-11,14H,6-7,12H2,1-5H3,(H,26,27)(H2,22,23,25);1H. The highest BCUT2D eigenvalue weighted by molar-refractivity contribution is 14.0. The number of aliphatic imine (C=N–C) groups is 1. The fourth-order valence-corrected chi connectivity index (χ4v) is 3.66. The Labute approximate surface area is 204 Å². The molecule has 3 N–H and O–H groups in total. The summed E-state index contributed by atoms with van der Waals surface area (Å²) in [5.41, 5.74) is 2.38. The van der Waals surface area contributed by atoms with Crippen molar-refractivity contribution in [3.05, 3.63) is 45.4 Å². The monoisotopic (exact) mass is 559 g/mol. The third kappa shape index (κ3) is 8.44. The molecule has 0 saturated carbocycles. The molecular weight excluding hydrogens is 529 g/mol. The normalized spacial score (nSPS) is 11.8. The number of ether oxygens (including phenoxy) is 1. The summed E-state index contributed by atoms with van der Waals surface area (Å²) in [6.45, 7) is 10.5. The first-order chi connectivity index (χ1) is 14.3. The lowest BCUT2D eigenvalue weighted by molar-refractivity contribution is -0.114. The summed E-state index contributed by atoms with van der Waals surface area (Å²) in [6.07, 6.45) is 0. The fourth-order valence-electron chi connectivity index (χ4n) is 2.70. The number of nitrogens with zero attached hydrogens (tertiary/aromatic N) is 2. The molecule has 0 aliphatic carbocycles. The Morgan fingerprint density at radius 1 is 1.29 bits per heavy atom. The van der Waals surface area contributed by atoms with Crippen LogP contribution in [0.5, 0.6) is 0 Å². The van der Waals surface area contributed by atoms with Crippen LogP contribution in [-0.4, -0.2) is 36.0 Å². The van der Waals surface area contributed by atoms with E-state index in [2.05, 4.69) is 25.9 Å². The zero-order valence-electron chi connectivity index (χ0n) is 18.4. The smallest absolute Gasteiger partial charge is 0.350 e. The number of rotatable bonds is 8. The Hall–Kier alpha value is -2.21. The van der Waals surface area contributed by atoms with Crippen molar-refractivity contribution in [2.24, 2.45) is 4.99 Å². The van der Waals surface area contributed by atoms with Gasteiger partial charge in [-0.15, -0.1) is 35.3 Å². The van der Waals surface area contributed by atoms with E-state index >= 15 is 0 Å². The van der Waals surface area contributed by atoms with Gasteiger partial charge in [0.25, 0.3) is 0 Å². The van der Waals surface area contributed by atoms with Crippen LogP contribution in [0.15, 0.2) is 29.3 Å². The van der Waals surface area contributed by atoms with Crippen LogP contribution in [0.25, 0.3) is 0 Å². The van der Waals surface area contributed by atoms with Crippen LogP contribution in [0.3, 0.4) is 0 Å². The molecule has 0 spiro atoms. The van der Waals surface area contributed by atoms with Gasteiger partial charge < -0.3 is 20.7 Å². The highest BCUT2D eigenvalue weighted by Crippen LogP contribution is 2.24. The second-order valence-corrected chi connectivity index (χ2v) is 7.66. The number of hydrogen-bond donors (Lipinski definition) is 3. The van der Waals surface area contributed by atoms with Crippen molar-refractivity contribution in [3.8, 4) is 0 Å². The van der Waals surface area contributed by atoms with E-state index in [-0.39, 0.29) is 41.9 Å². The number of aryl methyl sites for hydroxylation is 1. The van der Waals surface area contributed by atoms with Crippen molar-refractivity contribution in [1.29, 1.82) is 0 Å². The predicted molar refractivity (Wildman–Crippen MR) is 135 cm³/mol. The molecule has 2 aromatic rings. The van der Waals surface area contributed by atoms with Gasteiger partial charge in [-0.25, -0.2) is 14.8 Å². The van der Waals surface area contributed by atoms with E-state index in [0.29, 0.717) is 36.2 Å². The average Bonchev–Trinajstić information content (AvgIpc) is 3.08. The van der Waals surface area contributed by atoms with E-state index in [9.17, 15) is 9.59 Å². The van der Waals surface area contributed by atoms with Crippen LogP contribution < -0.4 is 16.0 Å². The zero-order valence-corrected chi connectivity index (χ0v) is 21.6. The molecule has 0 aliphatic heterocycles. The number of hydrogen-bond acceptors (Lipinski definition) is 6. The SMILES string of the molecule is CCNC(=NCc1cccc(NC(C)=O)c1)NC(C)c1nc(C)c(C(=O)OCC)s1.I. The van der Waals surface area contributed by atoms with E-state index in [0.717, 1.165) is 16.3 Å². The lowest BCUT2D eigenvalue weighted by atomic mass is 10.2. The van der Waals surface area contributed by atoms with Crippen molar-refractivity contribution in [1.82, 2.24) is 15.6 Å². The molecule has 8 nitrogen and oxygen atoms in total. The van der Waals surface area contributed by atoms with Crippen molar-refractivity contribution in [2.75, 3.05) is 18.5 Å². The second-order valence-electron chi connectivity index (χ2n) is 6.63. The Kier molecular flexibility index (Phi) is 11.5. The highest BCUT2D eigenvalue weighted by Gasteiger charge is 2.20. The quantitative estimate of drug-likeness (QED) is 0.195. The molecular formula is C21H30IN5O3S. The van der Waals surface area contributed by atoms with Crippen molar-refractivity contribution >= 4 is 58.8 Å². The number of benzene rings is 1. The summed E-state index contributed by atoms with van der Waals surface area (Å²) >= 11 is 1.33. The summed E-state index contributed by atoms with van der Waals surface area (Å²) in [5, 5.41) is 10.1. The van der Waals surface area contributed by atoms with Crippen LogP contribution in [0.2, 0.25) is 0 Å². The number of carbonyl (C=O) groups excluding carboxylic acids is 2. The van der Waals surface area contributed by atoms with Gasteiger partial charge in [-0.1, -0.05) is 12.1 Å². The van der Waals surface area contributed by atoms with Crippen molar-refractivity contribution in [2.45, 2.75) is 47.2 Å². The van der Waals surface area contributed by atoms with Gasteiger partial charge in [0.2, 0.25) is 5.91 Å². The van der Waals surface area contributed by atoms with Gasteiger partial charge in [0.15, 0.2) is 5.96 Å². The number of thiazole rings is 1. The summed E-state index contributed by atoms with van der Waals surface area (Å²) in [7, 11) is 0. The first-order valence-electron chi connectivity index (χ1n) is 9.89. The maximum Gasteiger partial charge on any atom is 0.350 e. The Balaban J connectivity index is 0.00000480. The number of aromatic nitrogens is 1. The second kappa shape index (κ2) is 13.3. The van der Waals surface area contributed by atoms with Crippen molar-refractivity contribution < 1.29 is 14.3 Å². The minimum atomic E-state index is -0.342. The van der Waals surface area contributed by atoms with E-state index in [1.165, 1.54) is 18.3 Å². The van der Waals surface area contributed by atoms with Gasteiger partial charge in [-0.05, 0) is 45.4 Å². The van der Waals surface area contributed by atoms with Gasteiger partial charge in [0.05, 0.1) is 24.9 Å². The molecule has 1 unspecified atom stereocenters. The molecule has 0 fully saturated rings. The minimum Gasteiger partial charge on any atom is -0.462 e. The highest BCUT2D eigenvalue weighted by atomic mass is 127. The number of anilines is 1. The molecule has 1 aromatic heterocycles. The first kappa shape index (κ1) is 26.8. The van der Waals surface area contributed by atoms with E-state index in [1.54, 1.807) is 13.8 Å². The topological polar surface area (TPSA) is 105 Å². The Morgan fingerprint density at radius 3 is 2.68 bits per heavy atom. The number of esters is 1. The molecule has 0 radical (unpaired) electrons. The first-order valence-corrected chi connectivity index (χ1v) is 10.7. The lowest BCUT2D eigenvalue weighted by Crippen LogP contribution is -2.38. The van der Waals surface area contributed by atoms with Crippen LogP contribution in [-0.2, 0) is 16.1 Å². The molecule has 31 heavy (non-hydrogen) atoms. The third-order valence-corrected chi connectivity index (χ3v) is 5.33. The minimum absolute atomic E-state index is 0. The number of halogens is 1. The molecule has 1 heterocycles. The Bertz CT molecular complexity index is 916. The number of amides is 1. The summed E-state index contributed by atoms with van der Waals surface area (Å²) in [5.74, 6) is 0.187. The molecule has 1 amide bonds. The van der Waals surface area contributed by atoms with Gasteiger partial charge in [0, 0.05) is 19.2 Å². The van der Waals surface area contributed by atoms with Crippen LogP contribution in [0, 0.1) is 6.92 Å². The predicted octanol–water partition coefficient (Wildman–Crippen LogP) is 4.02. The Morgan fingerprint density at radius 2 is 2.03 bits per heavy atom. The average molecular weight is 559 g/mol. The number of guanidine groups is 1. The van der Waals surface area contributed by atoms with Crippen LogP contribution in [0.1, 0.15) is 59.7 Å². The molecule has 2 rings (SSSR count). The van der Waals surface area contributed by atoms with Crippen LogP contribution >= 0.6 is 35.3 Å². The van der Waals surface area contributed by atoms with Gasteiger partial charge in [-0.2, -0.15) is 0 Å².